The first-order valence-electron chi connectivity index (χ1n) is 16.3. The molecule has 0 saturated heterocycles. The molecule has 0 aliphatic carbocycles. The number of aryl methyl sites for hydroxylation is 2. The van der Waals surface area contributed by atoms with Crippen LogP contribution in [0.4, 0.5) is 0 Å². The molecule has 0 unspecified atom stereocenters. The zero-order valence-electron chi connectivity index (χ0n) is 26.8. The number of fused-ring (bicyclic) bond motifs is 1. The van der Waals surface area contributed by atoms with E-state index in [1.54, 1.807) is 0 Å². The molecule has 0 amide bonds. The van der Waals surface area contributed by atoms with Crippen LogP contribution in [0, 0.1) is 6.92 Å². The largest absolute Gasteiger partial charge is 0.494 e. The Bertz CT molecular complexity index is 1680. The Morgan fingerprint density at radius 1 is 0.660 bits per heavy atom. The summed E-state index contributed by atoms with van der Waals surface area (Å²) in [6.45, 7) is 3.21. The first-order valence-corrected chi connectivity index (χ1v) is 16.3. The number of carboxylic acid groups (broad SMARTS) is 2. The Labute approximate surface area is 275 Å². The third kappa shape index (κ3) is 9.75. The summed E-state index contributed by atoms with van der Waals surface area (Å²) in [4.78, 5) is 22.1. The molecule has 0 saturated carbocycles. The van der Waals surface area contributed by atoms with Gasteiger partial charge in [0.2, 0.25) is 6.79 Å². The second-order valence-electron chi connectivity index (χ2n) is 11.8. The van der Waals surface area contributed by atoms with Gasteiger partial charge in [-0.2, -0.15) is 0 Å². The number of carbonyl (C=O) groups is 2. The van der Waals surface area contributed by atoms with E-state index in [0.29, 0.717) is 25.2 Å². The van der Waals surface area contributed by atoms with Gasteiger partial charge in [0.15, 0.2) is 11.5 Å². The molecule has 0 radical (unpaired) electrons. The lowest BCUT2D eigenvalue weighted by Gasteiger charge is -2.15. The lowest BCUT2D eigenvalue weighted by atomic mass is 9.96. The van der Waals surface area contributed by atoms with Crippen molar-refractivity contribution in [3.05, 3.63) is 95.6 Å². The molecule has 0 spiro atoms. The van der Waals surface area contributed by atoms with Gasteiger partial charge in [0, 0.05) is 12.8 Å². The summed E-state index contributed by atoms with van der Waals surface area (Å²) in [6.07, 6.45) is 5.53. The Hall–Kier alpha value is -4.98. The molecule has 8 nitrogen and oxygen atoms in total. The summed E-state index contributed by atoms with van der Waals surface area (Å²) < 4.78 is 23.3. The van der Waals surface area contributed by atoms with Crippen molar-refractivity contribution in [3.8, 4) is 45.3 Å². The van der Waals surface area contributed by atoms with Crippen LogP contribution in [0.2, 0.25) is 0 Å². The molecule has 0 bridgehead atoms. The van der Waals surface area contributed by atoms with Crippen molar-refractivity contribution >= 4 is 11.9 Å². The van der Waals surface area contributed by atoms with Crippen molar-refractivity contribution < 1.29 is 38.7 Å². The fraction of sp³-hybridized carbons (Fsp3) is 0.333. The van der Waals surface area contributed by atoms with Crippen LogP contribution in [0.3, 0.4) is 0 Å². The van der Waals surface area contributed by atoms with Crippen LogP contribution in [0.1, 0.15) is 61.6 Å². The second-order valence-corrected chi connectivity index (χ2v) is 11.8. The standard InChI is InChI=1S/C39H42O8/c1-27-9-6-12-29(21-27)31-22-32(30-15-17-36-37(25-30)47-26-46-36)24-33(23-31)44-19-5-3-2-4-10-28-11-7-13-35(34(28)16-18-39(42)43)45-20-8-14-38(40)41/h6-7,9,11-13,15,17,21-25H,2-5,8,10,14,16,18-20,26H2,1H3,(H,40,41)(H,42,43). The molecule has 0 fully saturated rings. The number of unbranched alkanes of at least 4 members (excludes halogenated alkanes) is 3. The van der Waals surface area contributed by atoms with Gasteiger partial charge >= 0.3 is 11.9 Å². The second kappa shape index (κ2) is 16.5. The van der Waals surface area contributed by atoms with Crippen LogP contribution in [0.25, 0.3) is 22.3 Å². The summed E-state index contributed by atoms with van der Waals surface area (Å²) in [5.41, 5.74) is 7.49. The molecular weight excluding hydrogens is 596 g/mol. The van der Waals surface area contributed by atoms with E-state index >= 15 is 0 Å². The molecule has 2 N–H and O–H groups in total. The van der Waals surface area contributed by atoms with E-state index < -0.39 is 11.9 Å². The highest BCUT2D eigenvalue weighted by atomic mass is 16.7. The average molecular weight is 639 g/mol. The first-order chi connectivity index (χ1) is 22.9. The van der Waals surface area contributed by atoms with Gasteiger partial charge in [0.1, 0.15) is 11.5 Å². The maximum atomic E-state index is 11.3. The van der Waals surface area contributed by atoms with E-state index in [2.05, 4.69) is 49.4 Å². The van der Waals surface area contributed by atoms with Gasteiger partial charge in [0.05, 0.1) is 13.2 Å². The van der Waals surface area contributed by atoms with Crippen molar-refractivity contribution in [2.24, 2.45) is 0 Å². The van der Waals surface area contributed by atoms with Crippen molar-refractivity contribution in [1.82, 2.24) is 0 Å². The van der Waals surface area contributed by atoms with E-state index in [0.717, 1.165) is 82.7 Å². The zero-order valence-corrected chi connectivity index (χ0v) is 26.8. The number of benzene rings is 4. The highest BCUT2D eigenvalue weighted by molar-refractivity contribution is 5.77. The maximum absolute atomic E-state index is 11.3. The third-order valence-electron chi connectivity index (χ3n) is 8.18. The molecule has 8 heteroatoms. The molecule has 1 aliphatic heterocycles. The van der Waals surface area contributed by atoms with Crippen molar-refractivity contribution in [2.45, 2.75) is 64.7 Å². The van der Waals surface area contributed by atoms with Crippen molar-refractivity contribution in [3.63, 3.8) is 0 Å². The summed E-state index contributed by atoms with van der Waals surface area (Å²) in [6, 6.07) is 26.6. The molecule has 1 aliphatic rings. The van der Waals surface area contributed by atoms with Gasteiger partial charge in [-0.1, -0.05) is 60.9 Å². The predicted octanol–water partition coefficient (Wildman–Crippen LogP) is 8.50. The maximum Gasteiger partial charge on any atom is 0.303 e. The zero-order chi connectivity index (χ0) is 33.0. The fourth-order valence-electron chi connectivity index (χ4n) is 5.78. The van der Waals surface area contributed by atoms with Crippen LogP contribution < -0.4 is 18.9 Å². The number of hydrogen-bond acceptors (Lipinski definition) is 6. The van der Waals surface area contributed by atoms with Crippen LogP contribution in [0.15, 0.2) is 78.9 Å². The Morgan fingerprint density at radius 3 is 2.17 bits per heavy atom. The molecule has 246 valence electrons. The van der Waals surface area contributed by atoms with E-state index in [1.165, 1.54) is 5.56 Å². The molecule has 47 heavy (non-hydrogen) atoms. The average Bonchev–Trinajstić information content (AvgIpc) is 3.54. The number of carboxylic acids is 2. The fourth-order valence-corrected chi connectivity index (χ4v) is 5.78. The van der Waals surface area contributed by atoms with Gasteiger partial charge in [-0.05, 0) is 109 Å². The van der Waals surface area contributed by atoms with Gasteiger partial charge < -0.3 is 29.2 Å². The minimum atomic E-state index is -0.861. The van der Waals surface area contributed by atoms with Crippen LogP contribution >= 0.6 is 0 Å². The quantitative estimate of drug-likeness (QED) is 0.104. The lowest BCUT2D eigenvalue weighted by molar-refractivity contribution is -0.138. The topological polar surface area (TPSA) is 112 Å². The first kappa shape index (κ1) is 33.4. The monoisotopic (exact) mass is 638 g/mol. The SMILES string of the molecule is Cc1cccc(-c2cc(OCCCCCCc3cccc(OCCCC(=O)O)c3CCC(=O)O)cc(-c3ccc4c(c3)OCO4)c2)c1. The minimum Gasteiger partial charge on any atom is -0.494 e. The third-order valence-corrected chi connectivity index (χ3v) is 8.18. The number of hydrogen-bond donors (Lipinski definition) is 2. The molecule has 4 aromatic carbocycles. The summed E-state index contributed by atoms with van der Waals surface area (Å²) in [5, 5.41) is 18.2. The highest BCUT2D eigenvalue weighted by Gasteiger charge is 2.16. The van der Waals surface area contributed by atoms with Gasteiger partial charge in [-0.25, -0.2) is 0 Å². The van der Waals surface area contributed by atoms with E-state index in [1.807, 2.05) is 36.4 Å². The highest BCUT2D eigenvalue weighted by Crippen LogP contribution is 2.38. The van der Waals surface area contributed by atoms with Gasteiger partial charge in [0.25, 0.3) is 0 Å². The van der Waals surface area contributed by atoms with E-state index in [4.69, 9.17) is 24.1 Å². The number of ether oxygens (including phenoxy) is 4. The summed E-state index contributed by atoms with van der Waals surface area (Å²) in [5.74, 6) is 1.25. The normalized spacial score (nSPS) is 11.8. The Balaban J connectivity index is 1.17. The van der Waals surface area contributed by atoms with E-state index in [9.17, 15) is 14.7 Å². The van der Waals surface area contributed by atoms with Gasteiger partial charge in [-0.3, -0.25) is 9.59 Å². The van der Waals surface area contributed by atoms with Crippen LogP contribution in [-0.4, -0.2) is 42.2 Å². The predicted molar refractivity (Wildman–Crippen MR) is 181 cm³/mol. The lowest BCUT2D eigenvalue weighted by Crippen LogP contribution is -2.07. The molecule has 0 atom stereocenters. The van der Waals surface area contributed by atoms with Crippen LogP contribution in [-0.2, 0) is 22.4 Å². The summed E-state index contributed by atoms with van der Waals surface area (Å²) >= 11 is 0. The van der Waals surface area contributed by atoms with Crippen molar-refractivity contribution in [1.29, 1.82) is 0 Å². The Kier molecular flexibility index (Phi) is 11.8. The molecule has 0 aromatic heterocycles. The minimum absolute atomic E-state index is 0.0152. The van der Waals surface area contributed by atoms with Crippen molar-refractivity contribution in [2.75, 3.05) is 20.0 Å². The van der Waals surface area contributed by atoms with E-state index in [-0.39, 0.29) is 26.2 Å². The van der Waals surface area contributed by atoms with Crippen LogP contribution in [0.5, 0.6) is 23.0 Å². The smallest absolute Gasteiger partial charge is 0.303 e. The number of aliphatic carboxylic acids is 2. The molecule has 5 rings (SSSR count). The van der Waals surface area contributed by atoms with Gasteiger partial charge in [-0.15, -0.1) is 0 Å². The Morgan fingerprint density at radius 2 is 1.38 bits per heavy atom. The number of rotatable bonds is 18. The molecular formula is C39H42O8. The summed E-state index contributed by atoms with van der Waals surface area (Å²) in [7, 11) is 0. The molecule has 1 heterocycles. The molecule has 4 aromatic rings.